The molecule has 10 aromatic rings. The van der Waals surface area contributed by atoms with E-state index < -0.39 is 5.41 Å². The summed E-state index contributed by atoms with van der Waals surface area (Å²) < 4.78 is 6.89. The van der Waals surface area contributed by atoms with Gasteiger partial charge in [0.2, 0.25) is 0 Å². The largest absolute Gasteiger partial charge is 0.455 e. The Morgan fingerprint density at radius 3 is 1.77 bits per heavy atom. The van der Waals surface area contributed by atoms with Crippen molar-refractivity contribution in [2.45, 2.75) is 5.41 Å². The van der Waals surface area contributed by atoms with Crippen LogP contribution in [0.1, 0.15) is 22.3 Å². The van der Waals surface area contributed by atoms with Crippen LogP contribution in [0.15, 0.2) is 187 Å². The Morgan fingerprint density at radius 1 is 0.423 bits per heavy atom. The molecule has 0 saturated carbocycles. The first-order valence-electron chi connectivity index (χ1n) is 17.7. The highest BCUT2D eigenvalue weighted by Crippen LogP contribution is 2.60. The fourth-order valence-electron chi connectivity index (χ4n) is 8.96. The zero-order chi connectivity index (χ0) is 34.2. The lowest BCUT2D eigenvalue weighted by Gasteiger charge is -2.35. The number of pyridine rings is 2. The highest BCUT2D eigenvalue weighted by Gasteiger charge is 2.48. The van der Waals surface area contributed by atoms with Gasteiger partial charge in [-0.3, -0.25) is 9.97 Å². The molecule has 3 aromatic heterocycles. The third-order valence-electron chi connectivity index (χ3n) is 11.0. The van der Waals surface area contributed by atoms with E-state index >= 15 is 0 Å². The van der Waals surface area contributed by atoms with Crippen molar-refractivity contribution in [1.82, 2.24) is 9.97 Å². The van der Waals surface area contributed by atoms with Gasteiger partial charge in [0.1, 0.15) is 11.2 Å². The summed E-state index contributed by atoms with van der Waals surface area (Å²) in [6, 6.07) is 61.0. The van der Waals surface area contributed by atoms with Gasteiger partial charge in [-0.05, 0) is 74.7 Å². The van der Waals surface area contributed by atoms with Crippen LogP contribution < -0.4 is 0 Å². The van der Waals surface area contributed by atoms with E-state index in [2.05, 4.69) is 157 Å². The van der Waals surface area contributed by atoms with Crippen LogP contribution in [0.4, 0.5) is 0 Å². The number of rotatable bonds is 4. The Balaban J connectivity index is 1.26. The highest BCUT2D eigenvalue weighted by molar-refractivity contribution is 6.18. The zero-order valence-corrected chi connectivity index (χ0v) is 28.1. The first-order valence-corrected chi connectivity index (χ1v) is 17.7. The van der Waals surface area contributed by atoms with Gasteiger partial charge in [-0.15, -0.1) is 0 Å². The van der Waals surface area contributed by atoms with Gasteiger partial charge in [-0.2, -0.15) is 0 Å². The van der Waals surface area contributed by atoms with Crippen LogP contribution in [-0.4, -0.2) is 9.97 Å². The summed E-state index contributed by atoms with van der Waals surface area (Å²) in [5.74, 6) is 0. The monoisotopic (exact) mass is 662 g/mol. The predicted octanol–water partition coefficient (Wildman–Crippen LogP) is 12.4. The molecule has 0 saturated heterocycles. The number of para-hydroxylation sites is 2. The number of furan rings is 1. The molecule has 52 heavy (non-hydrogen) atoms. The van der Waals surface area contributed by atoms with Gasteiger partial charge < -0.3 is 4.42 Å². The number of hydrogen-bond donors (Lipinski definition) is 0. The zero-order valence-electron chi connectivity index (χ0n) is 28.1. The van der Waals surface area contributed by atoms with E-state index in [0.29, 0.717) is 0 Å². The second-order valence-corrected chi connectivity index (χ2v) is 13.6. The average molecular weight is 663 g/mol. The summed E-state index contributed by atoms with van der Waals surface area (Å²) >= 11 is 0. The normalized spacial score (nSPS) is 13.2. The Kier molecular flexibility index (Phi) is 6.17. The molecule has 0 spiro atoms. The summed E-state index contributed by atoms with van der Waals surface area (Å²) in [6.45, 7) is 0. The van der Waals surface area contributed by atoms with Crippen molar-refractivity contribution in [3.8, 4) is 33.5 Å². The molecular formula is C49H30N2O. The number of fused-ring (bicyclic) bond motifs is 11. The van der Waals surface area contributed by atoms with Crippen molar-refractivity contribution in [2.24, 2.45) is 0 Å². The molecule has 0 radical (unpaired) electrons. The van der Waals surface area contributed by atoms with Crippen LogP contribution >= 0.6 is 0 Å². The van der Waals surface area contributed by atoms with Crippen molar-refractivity contribution in [3.05, 3.63) is 205 Å². The predicted molar refractivity (Wildman–Crippen MR) is 212 cm³/mol. The maximum absolute atomic E-state index is 6.89. The lowest BCUT2D eigenvalue weighted by Crippen LogP contribution is -2.29. The molecule has 0 unspecified atom stereocenters. The van der Waals surface area contributed by atoms with E-state index in [1.165, 1.54) is 49.5 Å². The van der Waals surface area contributed by atoms with Gasteiger partial charge in [-0.25, -0.2) is 0 Å². The standard InChI is InChI=1S/C49H30N2O/c1-3-14-32(15-4-1)49(33-16-5-2-6-17-33)42-30-31(26-27-39(42)44-35-18-7-8-19-36(35)46-41(45(44)49)24-13-29-51-46)34-20-11-21-37-38-22-12-23-40(48(38)52-47(34)37)43-25-9-10-28-50-43/h1-30H. The number of hydrogen-bond acceptors (Lipinski definition) is 3. The summed E-state index contributed by atoms with van der Waals surface area (Å²) in [7, 11) is 0. The van der Waals surface area contributed by atoms with E-state index in [9.17, 15) is 0 Å². The molecule has 3 heteroatoms. The van der Waals surface area contributed by atoms with Crippen molar-refractivity contribution >= 4 is 43.6 Å². The lowest BCUT2D eigenvalue weighted by atomic mass is 9.66. The van der Waals surface area contributed by atoms with Gasteiger partial charge in [-0.1, -0.05) is 140 Å². The molecule has 3 nitrogen and oxygen atoms in total. The molecule has 0 amide bonds. The average Bonchev–Trinajstić information content (AvgIpc) is 3.76. The highest BCUT2D eigenvalue weighted by atomic mass is 16.3. The Bertz CT molecular complexity index is 2960. The summed E-state index contributed by atoms with van der Waals surface area (Å²) in [6.07, 6.45) is 3.75. The molecule has 242 valence electrons. The summed E-state index contributed by atoms with van der Waals surface area (Å²) in [5.41, 5.74) is 13.7. The molecule has 1 aliphatic rings. The van der Waals surface area contributed by atoms with Crippen molar-refractivity contribution in [2.75, 3.05) is 0 Å². The minimum atomic E-state index is -0.609. The van der Waals surface area contributed by atoms with Gasteiger partial charge in [0, 0.05) is 45.1 Å². The Morgan fingerprint density at radius 2 is 1.04 bits per heavy atom. The SMILES string of the molecule is c1ccc(C2(c3ccccc3)c3cc(-c4cccc5c4oc4c(-c6ccccn6)cccc45)ccc3-c3c2c2cccnc2c2ccccc32)cc1. The van der Waals surface area contributed by atoms with E-state index in [1.807, 2.05) is 30.6 Å². The fourth-order valence-corrected chi connectivity index (χ4v) is 8.96. The first-order chi connectivity index (χ1) is 25.8. The molecule has 11 rings (SSSR count). The number of benzene rings is 7. The molecule has 1 aliphatic carbocycles. The molecule has 0 bridgehead atoms. The molecular weight excluding hydrogens is 633 g/mol. The summed E-state index contributed by atoms with van der Waals surface area (Å²) in [5, 5.41) is 5.73. The number of nitrogens with zero attached hydrogens (tertiary/aromatic N) is 2. The Hall–Kier alpha value is -6.84. The van der Waals surface area contributed by atoms with E-state index in [0.717, 1.165) is 49.8 Å². The topological polar surface area (TPSA) is 38.9 Å². The van der Waals surface area contributed by atoms with Crippen LogP contribution in [0.2, 0.25) is 0 Å². The third kappa shape index (κ3) is 3.91. The minimum Gasteiger partial charge on any atom is -0.455 e. The molecule has 0 N–H and O–H groups in total. The smallest absolute Gasteiger partial charge is 0.144 e. The molecule has 0 aliphatic heterocycles. The number of aromatic nitrogens is 2. The summed E-state index contributed by atoms with van der Waals surface area (Å²) in [4.78, 5) is 9.70. The van der Waals surface area contributed by atoms with Crippen LogP contribution in [0.3, 0.4) is 0 Å². The lowest BCUT2D eigenvalue weighted by molar-refractivity contribution is 0.671. The van der Waals surface area contributed by atoms with Crippen LogP contribution in [-0.2, 0) is 5.41 Å². The van der Waals surface area contributed by atoms with Crippen molar-refractivity contribution < 1.29 is 4.42 Å². The van der Waals surface area contributed by atoms with Gasteiger partial charge in [0.25, 0.3) is 0 Å². The molecule has 0 atom stereocenters. The second kappa shape index (κ2) is 11.1. The van der Waals surface area contributed by atoms with E-state index in [1.54, 1.807) is 0 Å². The van der Waals surface area contributed by atoms with E-state index in [4.69, 9.17) is 9.40 Å². The van der Waals surface area contributed by atoms with Crippen LogP contribution in [0.5, 0.6) is 0 Å². The maximum Gasteiger partial charge on any atom is 0.144 e. The van der Waals surface area contributed by atoms with Gasteiger partial charge >= 0.3 is 0 Å². The van der Waals surface area contributed by atoms with Crippen molar-refractivity contribution in [3.63, 3.8) is 0 Å². The van der Waals surface area contributed by atoms with Crippen LogP contribution in [0.25, 0.3) is 77.1 Å². The fraction of sp³-hybridized carbons (Fsp3) is 0.0204. The quantitative estimate of drug-likeness (QED) is 0.176. The van der Waals surface area contributed by atoms with E-state index in [-0.39, 0.29) is 0 Å². The van der Waals surface area contributed by atoms with Crippen LogP contribution in [0, 0.1) is 0 Å². The molecule has 0 fully saturated rings. The minimum absolute atomic E-state index is 0.609. The first kappa shape index (κ1) is 28.9. The van der Waals surface area contributed by atoms with Gasteiger partial charge in [0.05, 0.1) is 16.6 Å². The maximum atomic E-state index is 6.89. The third-order valence-corrected chi connectivity index (χ3v) is 11.0. The Labute approximate surface area is 300 Å². The molecule has 3 heterocycles. The molecule has 7 aromatic carbocycles. The second-order valence-electron chi connectivity index (χ2n) is 13.6. The van der Waals surface area contributed by atoms with Crippen molar-refractivity contribution in [1.29, 1.82) is 0 Å². The van der Waals surface area contributed by atoms with Gasteiger partial charge in [0.15, 0.2) is 0 Å².